The van der Waals surface area contributed by atoms with E-state index in [0.717, 1.165) is 6.54 Å². The smallest absolute Gasteiger partial charge is 0.0393 e. The molecule has 20 heavy (non-hydrogen) atoms. The summed E-state index contributed by atoms with van der Waals surface area (Å²) >= 11 is 0. The Balaban J connectivity index is 2.07. The molecule has 0 aromatic heterocycles. The van der Waals surface area contributed by atoms with Crippen molar-refractivity contribution in [2.75, 3.05) is 20.6 Å². The molecule has 2 nitrogen and oxygen atoms in total. The zero-order valence-corrected chi connectivity index (χ0v) is 12.4. The lowest BCUT2D eigenvalue weighted by molar-refractivity contribution is 0.0796. The maximum atomic E-state index is 3.60. The number of hydrogen-bond acceptors (Lipinski definition) is 2. The molecular weight excluding hydrogens is 244 g/mol. The maximum Gasteiger partial charge on any atom is 0.0393 e. The van der Waals surface area contributed by atoms with E-state index in [2.05, 4.69) is 67.2 Å². The molecule has 2 aromatic carbocycles. The van der Waals surface area contributed by atoms with Crippen LogP contribution in [0.1, 0.15) is 30.9 Å². The zero-order chi connectivity index (χ0) is 14.0. The van der Waals surface area contributed by atoms with E-state index in [4.69, 9.17) is 0 Å². The third-order valence-electron chi connectivity index (χ3n) is 4.91. The Morgan fingerprint density at radius 1 is 1.05 bits per heavy atom. The molecule has 0 spiro atoms. The molecule has 1 aliphatic carbocycles. The first kappa shape index (κ1) is 13.6. The van der Waals surface area contributed by atoms with Crippen LogP contribution >= 0.6 is 0 Å². The topological polar surface area (TPSA) is 24.1 Å². The lowest BCUT2D eigenvalue weighted by atomic mass is 9.62. The molecule has 0 aliphatic heterocycles. The Bertz CT molecular complexity index is 581. The summed E-state index contributed by atoms with van der Waals surface area (Å²) in [7, 11) is 4.16. The summed E-state index contributed by atoms with van der Waals surface area (Å²) in [4.78, 5) is 0. The van der Waals surface area contributed by atoms with Crippen molar-refractivity contribution < 1.29 is 0 Å². The van der Waals surface area contributed by atoms with Gasteiger partial charge in [-0.25, -0.2) is 0 Å². The van der Waals surface area contributed by atoms with Crippen LogP contribution in [0.5, 0.6) is 0 Å². The normalized spacial score (nSPS) is 18.7. The van der Waals surface area contributed by atoms with Crippen LogP contribution in [-0.4, -0.2) is 20.6 Å². The Hall–Kier alpha value is -1.38. The van der Waals surface area contributed by atoms with Gasteiger partial charge in [0.1, 0.15) is 0 Å². The second-order valence-corrected chi connectivity index (χ2v) is 6.04. The molecule has 1 unspecified atom stereocenters. The molecular formula is C18H24N2. The minimum absolute atomic E-state index is 0.369. The highest BCUT2D eigenvalue weighted by molar-refractivity contribution is 5.86. The van der Waals surface area contributed by atoms with Gasteiger partial charge < -0.3 is 10.6 Å². The van der Waals surface area contributed by atoms with Gasteiger partial charge in [-0.2, -0.15) is 0 Å². The van der Waals surface area contributed by atoms with Gasteiger partial charge in [-0.15, -0.1) is 0 Å². The molecule has 2 N–H and O–H groups in total. The average Bonchev–Trinajstić information content (AvgIpc) is 2.45. The standard InChI is InChI=1S/C18H24N2/c1-19-13-18(11-6-12-18)17(20-2)16-10-5-8-14-7-3-4-9-15(14)16/h3-5,7-10,17,19-20H,6,11-13H2,1-2H3. The summed E-state index contributed by atoms with van der Waals surface area (Å²) < 4.78 is 0. The van der Waals surface area contributed by atoms with Crippen molar-refractivity contribution >= 4 is 10.8 Å². The monoisotopic (exact) mass is 268 g/mol. The fourth-order valence-corrected chi connectivity index (χ4v) is 3.84. The van der Waals surface area contributed by atoms with Gasteiger partial charge in [0.2, 0.25) is 0 Å². The van der Waals surface area contributed by atoms with Crippen molar-refractivity contribution in [3.63, 3.8) is 0 Å². The number of fused-ring (bicyclic) bond motifs is 1. The van der Waals surface area contributed by atoms with Crippen LogP contribution in [0.25, 0.3) is 10.8 Å². The lowest BCUT2D eigenvalue weighted by Gasteiger charge is -2.48. The fourth-order valence-electron chi connectivity index (χ4n) is 3.84. The predicted octanol–water partition coefficient (Wildman–Crippen LogP) is 3.49. The summed E-state index contributed by atoms with van der Waals surface area (Å²) in [6.07, 6.45) is 3.97. The van der Waals surface area contributed by atoms with E-state index in [1.807, 2.05) is 0 Å². The number of nitrogens with one attached hydrogen (secondary N) is 2. The van der Waals surface area contributed by atoms with Gasteiger partial charge in [0, 0.05) is 18.0 Å². The van der Waals surface area contributed by atoms with E-state index in [0.29, 0.717) is 11.5 Å². The molecule has 2 aromatic rings. The molecule has 1 aliphatic rings. The minimum atomic E-state index is 0.369. The molecule has 0 heterocycles. The van der Waals surface area contributed by atoms with Gasteiger partial charge in [-0.1, -0.05) is 48.9 Å². The van der Waals surface area contributed by atoms with Crippen molar-refractivity contribution in [1.82, 2.24) is 10.6 Å². The Morgan fingerprint density at radius 3 is 2.45 bits per heavy atom. The summed E-state index contributed by atoms with van der Waals surface area (Å²) in [5.74, 6) is 0. The van der Waals surface area contributed by atoms with Crippen molar-refractivity contribution in [3.05, 3.63) is 48.0 Å². The maximum absolute atomic E-state index is 3.60. The lowest BCUT2D eigenvalue weighted by Crippen LogP contribution is -2.48. The Labute approximate surface area is 121 Å². The van der Waals surface area contributed by atoms with Gasteiger partial charge in [0.05, 0.1) is 0 Å². The highest BCUT2D eigenvalue weighted by atomic mass is 14.9. The molecule has 0 saturated heterocycles. The first-order chi connectivity index (χ1) is 9.80. The van der Waals surface area contributed by atoms with E-state index in [1.54, 1.807) is 0 Å². The van der Waals surface area contributed by atoms with Gasteiger partial charge in [0.15, 0.2) is 0 Å². The van der Waals surface area contributed by atoms with Gasteiger partial charge in [0.25, 0.3) is 0 Å². The second kappa shape index (κ2) is 5.55. The summed E-state index contributed by atoms with van der Waals surface area (Å²) in [6.45, 7) is 1.09. The summed E-state index contributed by atoms with van der Waals surface area (Å²) in [6, 6.07) is 15.8. The van der Waals surface area contributed by atoms with Gasteiger partial charge in [-0.3, -0.25) is 0 Å². The molecule has 0 amide bonds. The van der Waals surface area contributed by atoms with Crippen LogP contribution in [-0.2, 0) is 0 Å². The molecule has 1 fully saturated rings. The van der Waals surface area contributed by atoms with Crippen LogP contribution in [0.4, 0.5) is 0 Å². The quantitative estimate of drug-likeness (QED) is 0.867. The highest BCUT2D eigenvalue weighted by Gasteiger charge is 2.43. The first-order valence-electron chi connectivity index (χ1n) is 7.60. The third-order valence-corrected chi connectivity index (χ3v) is 4.91. The molecule has 0 radical (unpaired) electrons. The molecule has 0 bridgehead atoms. The average molecular weight is 268 g/mol. The van der Waals surface area contributed by atoms with Crippen LogP contribution < -0.4 is 10.6 Å². The summed E-state index contributed by atoms with van der Waals surface area (Å²) in [5, 5.41) is 9.72. The highest BCUT2D eigenvalue weighted by Crippen LogP contribution is 2.50. The van der Waals surface area contributed by atoms with Crippen LogP contribution in [0.3, 0.4) is 0 Å². The molecule has 3 rings (SSSR count). The number of rotatable bonds is 5. The van der Waals surface area contributed by atoms with Crippen molar-refractivity contribution in [3.8, 4) is 0 Å². The van der Waals surface area contributed by atoms with E-state index in [-0.39, 0.29) is 0 Å². The summed E-state index contributed by atoms with van der Waals surface area (Å²) in [5.41, 5.74) is 1.81. The molecule has 2 heteroatoms. The second-order valence-electron chi connectivity index (χ2n) is 6.04. The molecule has 1 atom stereocenters. The predicted molar refractivity (Wildman–Crippen MR) is 86.0 cm³/mol. The zero-order valence-electron chi connectivity index (χ0n) is 12.4. The van der Waals surface area contributed by atoms with Crippen LogP contribution in [0.2, 0.25) is 0 Å². The Kier molecular flexibility index (Phi) is 3.77. The minimum Gasteiger partial charge on any atom is -0.319 e. The van der Waals surface area contributed by atoms with Crippen molar-refractivity contribution in [2.24, 2.45) is 5.41 Å². The van der Waals surface area contributed by atoms with E-state index in [1.165, 1.54) is 35.6 Å². The molecule has 1 saturated carbocycles. The third kappa shape index (κ3) is 2.13. The number of benzene rings is 2. The fraction of sp³-hybridized carbons (Fsp3) is 0.444. The first-order valence-corrected chi connectivity index (χ1v) is 7.60. The molecule has 106 valence electrons. The van der Waals surface area contributed by atoms with Gasteiger partial charge in [-0.05, 0) is 43.3 Å². The number of hydrogen-bond donors (Lipinski definition) is 2. The largest absolute Gasteiger partial charge is 0.319 e. The van der Waals surface area contributed by atoms with E-state index in [9.17, 15) is 0 Å². The van der Waals surface area contributed by atoms with Crippen LogP contribution in [0, 0.1) is 5.41 Å². The van der Waals surface area contributed by atoms with Crippen LogP contribution in [0.15, 0.2) is 42.5 Å². The van der Waals surface area contributed by atoms with E-state index >= 15 is 0 Å². The van der Waals surface area contributed by atoms with E-state index < -0.39 is 0 Å². The Morgan fingerprint density at radius 2 is 1.80 bits per heavy atom. The van der Waals surface area contributed by atoms with Crippen molar-refractivity contribution in [2.45, 2.75) is 25.3 Å². The SMILES string of the molecule is CNCC1(C(NC)c2cccc3ccccc23)CCC1. The van der Waals surface area contributed by atoms with Gasteiger partial charge >= 0.3 is 0 Å². The van der Waals surface area contributed by atoms with Crippen molar-refractivity contribution in [1.29, 1.82) is 0 Å².